The van der Waals surface area contributed by atoms with Crippen molar-refractivity contribution in [1.29, 1.82) is 0 Å². The van der Waals surface area contributed by atoms with Crippen LogP contribution in [0.15, 0.2) is 42.0 Å². The number of aliphatic carboxylic acids is 1. The minimum absolute atomic E-state index is 0.239. The molecule has 0 unspecified atom stereocenters. The molecule has 0 amide bonds. The van der Waals surface area contributed by atoms with Crippen molar-refractivity contribution in [1.82, 2.24) is 0 Å². The number of rotatable bonds is 10. The quantitative estimate of drug-likeness (QED) is 0.345. The maximum atomic E-state index is 12.3. The Morgan fingerprint density at radius 1 is 1.11 bits per heavy atom. The number of hydrogen-bond donors (Lipinski definition) is 1. The van der Waals surface area contributed by atoms with Crippen molar-refractivity contribution in [2.75, 3.05) is 6.61 Å². The van der Waals surface area contributed by atoms with Crippen LogP contribution in [0, 0.1) is 0 Å². The van der Waals surface area contributed by atoms with E-state index in [-0.39, 0.29) is 5.92 Å². The molecule has 0 saturated carbocycles. The molecule has 1 aromatic rings. The third-order valence-corrected chi connectivity index (χ3v) is 4.59. The highest BCUT2D eigenvalue weighted by Crippen LogP contribution is 2.39. The minimum atomic E-state index is -0.932. The summed E-state index contributed by atoms with van der Waals surface area (Å²) in [5.74, 6) is 0.312. The SMILES string of the molecule is CCC=CC=CC(C)=C(C(=O)O)c1cc(C(C)C)cc(C(C)C)c1OCCC. The lowest BCUT2D eigenvalue weighted by atomic mass is 9.88. The van der Waals surface area contributed by atoms with Gasteiger partial charge in [-0.3, -0.25) is 0 Å². The molecule has 1 aromatic carbocycles. The van der Waals surface area contributed by atoms with Crippen LogP contribution in [-0.2, 0) is 4.79 Å². The molecule has 1 N–H and O–H groups in total. The number of hydrogen-bond acceptors (Lipinski definition) is 2. The molecule has 0 heterocycles. The fourth-order valence-corrected chi connectivity index (χ4v) is 2.98. The molecule has 3 nitrogen and oxygen atoms in total. The number of ether oxygens (including phenoxy) is 1. The zero-order valence-corrected chi connectivity index (χ0v) is 18.5. The zero-order chi connectivity index (χ0) is 21.3. The summed E-state index contributed by atoms with van der Waals surface area (Å²) >= 11 is 0. The van der Waals surface area contributed by atoms with E-state index in [2.05, 4.69) is 47.6 Å². The van der Waals surface area contributed by atoms with Crippen LogP contribution in [0.25, 0.3) is 5.57 Å². The van der Waals surface area contributed by atoms with Crippen molar-refractivity contribution in [2.24, 2.45) is 0 Å². The number of carboxylic acid groups (broad SMARTS) is 1. The highest BCUT2D eigenvalue weighted by Gasteiger charge is 2.23. The van der Waals surface area contributed by atoms with Crippen molar-refractivity contribution >= 4 is 11.5 Å². The highest BCUT2D eigenvalue weighted by atomic mass is 16.5. The Bertz CT molecular complexity index is 749. The molecular formula is C25H36O3. The summed E-state index contributed by atoms with van der Waals surface area (Å²) in [6.45, 7) is 15.0. The second-order valence-electron chi connectivity index (χ2n) is 7.70. The Hall–Kier alpha value is -2.29. The Balaban J connectivity index is 3.76. The third kappa shape index (κ3) is 6.40. The molecule has 0 aromatic heterocycles. The van der Waals surface area contributed by atoms with E-state index in [9.17, 15) is 9.90 Å². The molecule has 0 fully saturated rings. The molecule has 0 atom stereocenters. The van der Waals surface area contributed by atoms with Gasteiger partial charge in [0.25, 0.3) is 0 Å². The van der Waals surface area contributed by atoms with E-state index in [1.807, 2.05) is 37.3 Å². The third-order valence-electron chi connectivity index (χ3n) is 4.59. The fourth-order valence-electron chi connectivity index (χ4n) is 2.98. The monoisotopic (exact) mass is 384 g/mol. The van der Waals surface area contributed by atoms with Crippen molar-refractivity contribution in [3.05, 3.63) is 58.7 Å². The van der Waals surface area contributed by atoms with Crippen LogP contribution in [0.4, 0.5) is 0 Å². The van der Waals surface area contributed by atoms with E-state index in [0.29, 0.717) is 35.0 Å². The maximum absolute atomic E-state index is 12.3. The summed E-state index contributed by atoms with van der Waals surface area (Å²) in [6.07, 6.45) is 9.55. The van der Waals surface area contributed by atoms with Crippen LogP contribution in [0.2, 0.25) is 0 Å². The average molecular weight is 385 g/mol. The first kappa shape index (κ1) is 23.7. The maximum Gasteiger partial charge on any atom is 0.336 e. The lowest BCUT2D eigenvalue weighted by Gasteiger charge is -2.22. The van der Waals surface area contributed by atoms with E-state index in [1.54, 1.807) is 0 Å². The normalized spacial score (nSPS) is 13.0. The summed E-state index contributed by atoms with van der Waals surface area (Å²) in [4.78, 5) is 12.3. The standard InChI is InChI=1S/C25H36O3/c1-8-10-11-12-13-19(7)23(25(26)27)22-16-20(17(3)4)15-21(18(5)6)24(22)28-14-9-2/h10-13,15-18H,8-9,14H2,1-7H3,(H,26,27). The molecule has 3 heteroatoms. The van der Waals surface area contributed by atoms with E-state index in [0.717, 1.165) is 24.0 Å². The molecule has 28 heavy (non-hydrogen) atoms. The molecule has 0 aliphatic heterocycles. The first-order valence-corrected chi connectivity index (χ1v) is 10.3. The lowest BCUT2D eigenvalue weighted by molar-refractivity contribution is -0.130. The van der Waals surface area contributed by atoms with Gasteiger partial charge < -0.3 is 9.84 Å². The Labute approximate surface area is 170 Å². The largest absolute Gasteiger partial charge is 0.493 e. The van der Waals surface area contributed by atoms with Crippen molar-refractivity contribution < 1.29 is 14.6 Å². The first-order chi connectivity index (χ1) is 13.2. The van der Waals surface area contributed by atoms with Crippen LogP contribution >= 0.6 is 0 Å². The first-order valence-electron chi connectivity index (χ1n) is 10.3. The van der Waals surface area contributed by atoms with Crippen molar-refractivity contribution in [2.45, 2.75) is 73.1 Å². The topological polar surface area (TPSA) is 46.5 Å². The Morgan fingerprint density at radius 3 is 2.29 bits per heavy atom. The fraction of sp³-hybridized carbons (Fsp3) is 0.480. The van der Waals surface area contributed by atoms with Gasteiger partial charge in [-0.05, 0) is 54.4 Å². The molecule has 0 aliphatic rings. The Morgan fingerprint density at radius 2 is 1.79 bits per heavy atom. The molecule has 1 rings (SSSR count). The van der Waals surface area contributed by atoms with Gasteiger partial charge in [0, 0.05) is 5.56 Å². The van der Waals surface area contributed by atoms with E-state index in [4.69, 9.17) is 4.74 Å². The van der Waals surface area contributed by atoms with E-state index in [1.165, 1.54) is 0 Å². The smallest absolute Gasteiger partial charge is 0.336 e. The molecule has 0 saturated heterocycles. The van der Waals surface area contributed by atoms with Gasteiger partial charge in [0.05, 0.1) is 12.2 Å². The molecular weight excluding hydrogens is 348 g/mol. The molecule has 0 aliphatic carbocycles. The van der Waals surface area contributed by atoms with Gasteiger partial charge in [-0.1, -0.05) is 71.9 Å². The van der Waals surface area contributed by atoms with Crippen molar-refractivity contribution in [3.8, 4) is 5.75 Å². The van der Waals surface area contributed by atoms with Gasteiger partial charge in [-0.15, -0.1) is 0 Å². The molecule has 0 spiro atoms. The molecule has 0 bridgehead atoms. The Kier molecular flexibility index (Phi) is 9.78. The summed E-state index contributed by atoms with van der Waals surface area (Å²) in [6, 6.07) is 4.16. The number of carboxylic acids is 1. The summed E-state index contributed by atoms with van der Waals surface area (Å²) in [5, 5.41) is 10.0. The minimum Gasteiger partial charge on any atom is -0.493 e. The van der Waals surface area contributed by atoms with Gasteiger partial charge in [0.2, 0.25) is 0 Å². The predicted octanol–water partition coefficient (Wildman–Crippen LogP) is 7.10. The number of carbonyl (C=O) groups is 1. The van der Waals surface area contributed by atoms with Gasteiger partial charge in [0.1, 0.15) is 5.75 Å². The zero-order valence-electron chi connectivity index (χ0n) is 18.5. The average Bonchev–Trinajstić information content (AvgIpc) is 2.63. The summed E-state index contributed by atoms with van der Waals surface area (Å²) in [7, 11) is 0. The summed E-state index contributed by atoms with van der Waals surface area (Å²) < 4.78 is 6.10. The van der Waals surface area contributed by atoms with Crippen LogP contribution in [0.5, 0.6) is 5.75 Å². The number of allylic oxidation sites excluding steroid dienone is 5. The highest BCUT2D eigenvalue weighted by molar-refractivity contribution is 6.18. The molecule has 0 radical (unpaired) electrons. The second kappa shape index (κ2) is 11.5. The van der Waals surface area contributed by atoms with E-state index >= 15 is 0 Å². The predicted molar refractivity (Wildman–Crippen MR) is 119 cm³/mol. The van der Waals surface area contributed by atoms with Gasteiger partial charge >= 0.3 is 5.97 Å². The lowest BCUT2D eigenvalue weighted by Crippen LogP contribution is -2.10. The van der Waals surface area contributed by atoms with E-state index < -0.39 is 5.97 Å². The number of benzene rings is 1. The van der Waals surface area contributed by atoms with Crippen LogP contribution < -0.4 is 4.74 Å². The van der Waals surface area contributed by atoms with Gasteiger partial charge in [-0.2, -0.15) is 0 Å². The van der Waals surface area contributed by atoms with Crippen LogP contribution in [-0.4, -0.2) is 17.7 Å². The van der Waals surface area contributed by atoms with Gasteiger partial charge in [-0.25, -0.2) is 4.79 Å². The van der Waals surface area contributed by atoms with Gasteiger partial charge in [0.15, 0.2) is 0 Å². The summed E-state index contributed by atoms with van der Waals surface area (Å²) in [5.41, 5.74) is 3.89. The van der Waals surface area contributed by atoms with Crippen LogP contribution in [0.1, 0.15) is 89.8 Å². The van der Waals surface area contributed by atoms with Crippen LogP contribution in [0.3, 0.4) is 0 Å². The second-order valence-corrected chi connectivity index (χ2v) is 7.70. The van der Waals surface area contributed by atoms with Crippen molar-refractivity contribution in [3.63, 3.8) is 0 Å². The molecule has 154 valence electrons.